The number of rotatable bonds is 4. The maximum absolute atomic E-state index is 14.8. The Morgan fingerprint density at radius 1 is 1.27 bits per heavy atom. The lowest BCUT2D eigenvalue weighted by atomic mass is 9.99. The van der Waals surface area contributed by atoms with Gasteiger partial charge in [0.15, 0.2) is 9.84 Å². The molecule has 1 aliphatic rings. The Labute approximate surface area is 175 Å². The summed E-state index contributed by atoms with van der Waals surface area (Å²) in [5.74, 6) is -1.61. The second-order valence-electron chi connectivity index (χ2n) is 7.57. The molecule has 0 saturated carbocycles. The summed E-state index contributed by atoms with van der Waals surface area (Å²) in [4.78, 5) is 4.56. The van der Waals surface area contributed by atoms with E-state index in [4.69, 9.17) is 10.5 Å². The Morgan fingerprint density at radius 3 is 2.50 bits per heavy atom. The zero-order chi connectivity index (χ0) is 22.5. The minimum absolute atomic E-state index is 0.0131. The minimum Gasteiger partial charge on any atom is -0.497 e. The summed E-state index contributed by atoms with van der Waals surface area (Å²) in [6.07, 6.45) is -6.42. The molecule has 1 aromatic heterocycles. The molecule has 2 N–H and O–H groups in total. The van der Waals surface area contributed by atoms with Crippen LogP contribution in [0, 0.1) is 5.82 Å². The molecule has 0 saturated heterocycles. The quantitative estimate of drug-likeness (QED) is 0.685. The van der Waals surface area contributed by atoms with E-state index in [1.807, 2.05) is 0 Å². The molecule has 0 aliphatic carbocycles. The Bertz CT molecular complexity index is 1110. The van der Waals surface area contributed by atoms with Crippen molar-refractivity contribution in [1.82, 2.24) is 0 Å². The summed E-state index contributed by atoms with van der Waals surface area (Å²) in [5, 5.41) is 0. The van der Waals surface area contributed by atoms with Crippen LogP contribution >= 0.6 is 11.3 Å². The molecule has 1 aromatic carbocycles. The van der Waals surface area contributed by atoms with Crippen LogP contribution in [0.15, 0.2) is 35.3 Å². The molecule has 2 aromatic rings. The van der Waals surface area contributed by atoms with Gasteiger partial charge < -0.3 is 10.5 Å². The summed E-state index contributed by atoms with van der Waals surface area (Å²) in [7, 11) is -2.91. The molecule has 2 atom stereocenters. The molecular formula is C19H20F4N2O3S2. The normalized spacial score (nSPS) is 26.3. The van der Waals surface area contributed by atoms with Crippen LogP contribution in [0.1, 0.15) is 25.1 Å². The van der Waals surface area contributed by atoms with Gasteiger partial charge in [0.1, 0.15) is 27.7 Å². The maximum Gasteiger partial charge on any atom is 0.391 e. The molecule has 2 heterocycles. The van der Waals surface area contributed by atoms with E-state index in [1.165, 1.54) is 20.1 Å². The Balaban J connectivity index is 2.08. The monoisotopic (exact) mass is 464 g/mol. The van der Waals surface area contributed by atoms with Gasteiger partial charge in [-0.2, -0.15) is 13.2 Å². The number of ether oxygens (including phenoxy) is 1. The zero-order valence-corrected chi connectivity index (χ0v) is 18.0. The number of hydrogen-bond acceptors (Lipinski definition) is 6. The summed E-state index contributed by atoms with van der Waals surface area (Å²) in [6.45, 7) is 2.26. The van der Waals surface area contributed by atoms with Gasteiger partial charge in [0.05, 0.1) is 24.2 Å². The van der Waals surface area contributed by atoms with Gasteiger partial charge in [0.25, 0.3) is 0 Å². The maximum atomic E-state index is 14.8. The first kappa shape index (κ1) is 22.5. The van der Waals surface area contributed by atoms with Gasteiger partial charge in [-0.15, -0.1) is 11.3 Å². The number of hydrogen-bond donors (Lipinski definition) is 1. The average molecular weight is 465 g/mol. The largest absolute Gasteiger partial charge is 0.497 e. The number of nitrogens with two attached hydrogens (primary N) is 1. The van der Waals surface area contributed by atoms with E-state index in [1.54, 1.807) is 24.3 Å². The van der Waals surface area contributed by atoms with Crippen molar-refractivity contribution in [2.75, 3.05) is 12.9 Å². The first-order chi connectivity index (χ1) is 13.7. The molecule has 5 nitrogen and oxygen atoms in total. The predicted molar refractivity (Wildman–Crippen MR) is 108 cm³/mol. The third-order valence-electron chi connectivity index (χ3n) is 5.13. The number of sulfone groups is 1. The van der Waals surface area contributed by atoms with Crippen molar-refractivity contribution in [1.29, 1.82) is 0 Å². The number of nitrogens with zero attached hydrogens (tertiary/aromatic N) is 1. The lowest BCUT2D eigenvalue weighted by Crippen LogP contribution is -2.58. The first-order valence-electron chi connectivity index (χ1n) is 8.80. The molecule has 164 valence electrons. The van der Waals surface area contributed by atoms with Crippen molar-refractivity contribution in [3.05, 3.63) is 41.0 Å². The fraction of sp³-hybridized carbons (Fsp3) is 0.421. The summed E-state index contributed by atoms with van der Waals surface area (Å²) >= 11 is 0.973. The van der Waals surface area contributed by atoms with Crippen LogP contribution in [0.4, 0.5) is 17.6 Å². The fourth-order valence-electron chi connectivity index (χ4n) is 3.46. The Kier molecular flexibility index (Phi) is 5.43. The van der Waals surface area contributed by atoms with Crippen LogP contribution in [-0.2, 0) is 15.4 Å². The number of methoxy groups -OCH3 is 1. The molecule has 1 aliphatic heterocycles. The van der Waals surface area contributed by atoms with Crippen LogP contribution in [0.2, 0.25) is 0 Å². The number of aliphatic imine (C=N–C) groups is 1. The van der Waals surface area contributed by atoms with E-state index in [0.717, 1.165) is 18.3 Å². The Morgan fingerprint density at radius 2 is 1.93 bits per heavy atom. The van der Waals surface area contributed by atoms with Crippen molar-refractivity contribution < 1.29 is 30.7 Å². The van der Waals surface area contributed by atoms with Gasteiger partial charge in [-0.25, -0.2) is 12.8 Å². The Hall–Kier alpha value is -2.14. The van der Waals surface area contributed by atoms with E-state index >= 15 is 0 Å². The van der Waals surface area contributed by atoms with Crippen LogP contribution in [0.3, 0.4) is 0 Å². The molecule has 0 amide bonds. The van der Waals surface area contributed by atoms with Gasteiger partial charge in [-0.05, 0) is 37.6 Å². The van der Waals surface area contributed by atoms with Crippen LogP contribution in [0.25, 0.3) is 10.4 Å². The molecule has 0 fully saturated rings. The van der Waals surface area contributed by atoms with Crippen molar-refractivity contribution >= 4 is 27.0 Å². The van der Waals surface area contributed by atoms with E-state index < -0.39 is 50.1 Å². The summed E-state index contributed by atoms with van der Waals surface area (Å²) in [6, 6.07) is 8.09. The summed E-state index contributed by atoms with van der Waals surface area (Å²) < 4.78 is 82.3. The van der Waals surface area contributed by atoms with Gasteiger partial charge in [-0.3, -0.25) is 4.99 Å². The smallest absolute Gasteiger partial charge is 0.391 e. The predicted octanol–water partition coefficient (Wildman–Crippen LogP) is 4.27. The minimum atomic E-state index is -4.76. The van der Waals surface area contributed by atoms with Gasteiger partial charge in [0.2, 0.25) is 0 Å². The van der Waals surface area contributed by atoms with Crippen LogP contribution in [-0.4, -0.2) is 38.0 Å². The van der Waals surface area contributed by atoms with Crippen molar-refractivity contribution in [2.24, 2.45) is 10.7 Å². The number of benzene rings is 1. The molecule has 0 radical (unpaired) electrons. The average Bonchev–Trinajstić information content (AvgIpc) is 3.01. The molecule has 30 heavy (non-hydrogen) atoms. The second kappa shape index (κ2) is 7.23. The lowest BCUT2D eigenvalue weighted by Gasteiger charge is -2.39. The lowest BCUT2D eigenvalue weighted by molar-refractivity contribution is -0.137. The second-order valence-corrected chi connectivity index (χ2v) is 11.0. The molecular weight excluding hydrogens is 444 g/mol. The third-order valence-corrected chi connectivity index (χ3v) is 9.22. The van der Waals surface area contributed by atoms with Gasteiger partial charge >= 0.3 is 6.18 Å². The van der Waals surface area contributed by atoms with E-state index in [2.05, 4.69) is 4.99 Å². The standard InChI is InChI=1S/C19H20F4N2O3S2/c1-17(10-30(26,27)18(2,16(24)25-17)9-19(21,22)23)15-13(20)8-14(29-15)11-5-4-6-12(7-11)28-3/h4-8H,9-10H2,1-3H3,(H2,24,25). The van der Waals surface area contributed by atoms with E-state index in [9.17, 15) is 26.0 Å². The highest BCUT2D eigenvalue weighted by molar-refractivity contribution is 7.93. The molecule has 2 unspecified atom stereocenters. The number of thiophene rings is 1. The molecule has 0 bridgehead atoms. The van der Waals surface area contributed by atoms with E-state index in [-0.39, 0.29) is 4.88 Å². The first-order valence-corrected chi connectivity index (χ1v) is 11.3. The highest BCUT2D eigenvalue weighted by atomic mass is 32.2. The van der Waals surface area contributed by atoms with Crippen molar-refractivity contribution in [3.8, 4) is 16.2 Å². The van der Waals surface area contributed by atoms with Gasteiger partial charge in [-0.1, -0.05) is 12.1 Å². The molecule has 0 spiro atoms. The highest BCUT2D eigenvalue weighted by Gasteiger charge is 2.56. The van der Waals surface area contributed by atoms with Gasteiger partial charge in [0, 0.05) is 4.88 Å². The third kappa shape index (κ3) is 3.92. The zero-order valence-electron chi connectivity index (χ0n) is 16.4. The van der Waals surface area contributed by atoms with Crippen LogP contribution < -0.4 is 10.5 Å². The topological polar surface area (TPSA) is 81.8 Å². The SMILES string of the molecule is COc1cccc(-c2cc(F)c(C3(C)CS(=O)(=O)C(C)(CC(F)(F)F)C(N)=N3)s2)c1. The number of halogens is 4. The number of amidine groups is 1. The van der Waals surface area contributed by atoms with E-state index in [0.29, 0.717) is 16.2 Å². The van der Waals surface area contributed by atoms with Crippen molar-refractivity contribution in [3.63, 3.8) is 0 Å². The number of alkyl halides is 3. The van der Waals surface area contributed by atoms with Crippen LogP contribution in [0.5, 0.6) is 5.75 Å². The fourth-order valence-corrected chi connectivity index (χ4v) is 6.69. The molecule has 11 heteroatoms. The molecule has 3 rings (SSSR count). The summed E-state index contributed by atoms with van der Waals surface area (Å²) in [5.41, 5.74) is 4.76. The highest BCUT2D eigenvalue weighted by Crippen LogP contribution is 2.45. The van der Waals surface area contributed by atoms with Crippen molar-refractivity contribution in [2.45, 2.75) is 36.7 Å².